The van der Waals surface area contributed by atoms with Crippen LogP contribution in [0.5, 0.6) is 0 Å². The normalized spacial score (nSPS) is 14.1. The molecular formula is C25H25FN6O. The molecule has 33 heavy (non-hydrogen) atoms. The summed E-state index contributed by atoms with van der Waals surface area (Å²) in [7, 11) is 0. The van der Waals surface area contributed by atoms with Crippen LogP contribution in [0.4, 0.5) is 4.39 Å². The van der Waals surface area contributed by atoms with Gasteiger partial charge in [0.1, 0.15) is 11.6 Å². The van der Waals surface area contributed by atoms with Crippen LogP contribution in [0.1, 0.15) is 22.8 Å². The van der Waals surface area contributed by atoms with Gasteiger partial charge in [0.05, 0.1) is 18.5 Å². The molecule has 4 aromatic rings. The van der Waals surface area contributed by atoms with Crippen molar-refractivity contribution in [1.82, 2.24) is 30.0 Å². The Morgan fingerprint density at radius 2 is 1.91 bits per heavy atom. The Hall–Kier alpha value is -3.65. The monoisotopic (exact) mass is 444 g/mol. The minimum atomic E-state index is -0.341. The van der Waals surface area contributed by atoms with Crippen molar-refractivity contribution in [3.63, 3.8) is 0 Å². The van der Waals surface area contributed by atoms with E-state index >= 15 is 0 Å². The molecule has 0 spiro atoms. The Labute approximate surface area is 191 Å². The van der Waals surface area contributed by atoms with Crippen LogP contribution in [-0.2, 0) is 37.3 Å². The molecule has 0 atom stereocenters. The maximum atomic E-state index is 13.3. The number of carbonyl (C=O) groups is 1. The summed E-state index contributed by atoms with van der Waals surface area (Å²) in [6.45, 7) is 3.63. The Morgan fingerprint density at radius 1 is 1.03 bits per heavy atom. The molecule has 0 aliphatic carbocycles. The maximum absolute atomic E-state index is 13.3. The van der Waals surface area contributed by atoms with Gasteiger partial charge in [0.25, 0.3) is 0 Å². The predicted molar refractivity (Wildman–Crippen MR) is 123 cm³/mol. The van der Waals surface area contributed by atoms with Crippen LogP contribution in [0, 0.1) is 5.82 Å². The average molecular weight is 445 g/mol. The number of amides is 1. The van der Waals surface area contributed by atoms with E-state index in [1.54, 1.807) is 12.1 Å². The minimum absolute atomic E-state index is 0.131. The van der Waals surface area contributed by atoms with Gasteiger partial charge in [-0.25, -0.2) is 4.39 Å². The molecule has 1 aliphatic heterocycles. The zero-order valence-corrected chi connectivity index (χ0v) is 18.2. The zero-order valence-electron chi connectivity index (χ0n) is 18.2. The molecule has 168 valence electrons. The van der Waals surface area contributed by atoms with Gasteiger partial charge in [0, 0.05) is 44.2 Å². The number of fused-ring (bicyclic) bond motifs is 2. The highest BCUT2D eigenvalue weighted by molar-refractivity contribution is 5.81. The summed E-state index contributed by atoms with van der Waals surface area (Å²) in [5, 5.41) is 12.7. The number of halogens is 1. The van der Waals surface area contributed by atoms with E-state index in [1.807, 2.05) is 12.3 Å². The van der Waals surface area contributed by atoms with Crippen molar-refractivity contribution in [2.75, 3.05) is 13.1 Å². The summed E-state index contributed by atoms with van der Waals surface area (Å²) >= 11 is 0. The Kier molecular flexibility index (Phi) is 6.08. The molecule has 8 heteroatoms. The first-order valence-electron chi connectivity index (χ1n) is 11.1. The van der Waals surface area contributed by atoms with E-state index in [1.165, 1.54) is 17.7 Å². The van der Waals surface area contributed by atoms with Gasteiger partial charge in [-0.3, -0.25) is 14.7 Å². The standard InChI is InChI=1S/C25H25FN6O/c26-21-8-1-4-18(14-21)15-24(33)28-16-23-30-29-22-9-11-31(12-13-32(22)23)17-20-6-2-5-19-7-3-10-27-25(19)20/h1-8,10,14H,9,11-13,15-17H2,(H,28,33). The first kappa shape index (κ1) is 21.2. The van der Waals surface area contributed by atoms with Gasteiger partial charge in [-0.2, -0.15) is 0 Å². The van der Waals surface area contributed by atoms with Crippen LogP contribution >= 0.6 is 0 Å². The SMILES string of the molecule is O=C(Cc1cccc(F)c1)NCc1nnc2n1CCN(Cc1cccc3cccnc13)CC2. The van der Waals surface area contributed by atoms with Crippen molar-refractivity contribution in [1.29, 1.82) is 0 Å². The fourth-order valence-corrected chi connectivity index (χ4v) is 4.32. The van der Waals surface area contributed by atoms with Gasteiger partial charge in [-0.15, -0.1) is 10.2 Å². The quantitative estimate of drug-likeness (QED) is 0.495. The highest BCUT2D eigenvalue weighted by Crippen LogP contribution is 2.19. The lowest BCUT2D eigenvalue weighted by atomic mass is 10.1. The first-order valence-corrected chi connectivity index (χ1v) is 11.1. The number of carbonyl (C=O) groups excluding carboxylic acids is 1. The van der Waals surface area contributed by atoms with E-state index in [0.717, 1.165) is 55.2 Å². The lowest BCUT2D eigenvalue weighted by Gasteiger charge is -2.20. The first-order chi connectivity index (χ1) is 16.2. The summed E-state index contributed by atoms with van der Waals surface area (Å²) in [5.74, 6) is 1.16. The van der Waals surface area contributed by atoms with Gasteiger partial charge < -0.3 is 9.88 Å². The van der Waals surface area contributed by atoms with E-state index < -0.39 is 0 Å². The molecular weight excluding hydrogens is 419 g/mol. The van der Waals surface area contributed by atoms with Crippen molar-refractivity contribution in [2.45, 2.75) is 32.5 Å². The number of pyridine rings is 1. The Balaban J connectivity index is 1.20. The van der Waals surface area contributed by atoms with Gasteiger partial charge >= 0.3 is 0 Å². The van der Waals surface area contributed by atoms with E-state index in [0.29, 0.717) is 12.1 Å². The summed E-state index contributed by atoms with van der Waals surface area (Å²) in [6.07, 6.45) is 2.76. The molecule has 1 N–H and O–H groups in total. The maximum Gasteiger partial charge on any atom is 0.224 e. The number of benzene rings is 2. The molecule has 1 aliphatic rings. The molecule has 0 saturated heterocycles. The number of aromatic nitrogens is 4. The molecule has 1 amide bonds. The third-order valence-corrected chi connectivity index (χ3v) is 6.00. The second-order valence-corrected chi connectivity index (χ2v) is 8.29. The van der Waals surface area contributed by atoms with E-state index in [-0.39, 0.29) is 18.1 Å². The molecule has 0 fully saturated rings. The van der Waals surface area contributed by atoms with E-state index in [4.69, 9.17) is 0 Å². The average Bonchev–Trinajstić information content (AvgIpc) is 3.10. The summed E-state index contributed by atoms with van der Waals surface area (Å²) in [6, 6.07) is 16.5. The Morgan fingerprint density at radius 3 is 2.82 bits per heavy atom. The van der Waals surface area contributed by atoms with Gasteiger partial charge in [0.2, 0.25) is 5.91 Å². The smallest absolute Gasteiger partial charge is 0.224 e. The van der Waals surface area contributed by atoms with Crippen LogP contribution < -0.4 is 5.32 Å². The minimum Gasteiger partial charge on any atom is -0.349 e. The van der Waals surface area contributed by atoms with E-state index in [2.05, 4.69) is 54.2 Å². The Bertz CT molecular complexity index is 1280. The number of nitrogens with zero attached hydrogens (tertiary/aromatic N) is 5. The molecule has 3 heterocycles. The fraction of sp³-hybridized carbons (Fsp3) is 0.280. The third kappa shape index (κ3) is 4.90. The highest BCUT2D eigenvalue weighted by Gasteiger charge is 2.20. The summed E-state index contributed by atoms with van der Waals surface area (Å²) in [5.41, 5.74) is 2.91. The van der Waals surface area contributed by atoms with Crippen LogP contribution in [-0.4, -0.2) is 43.6 Å². The fourth-order valence-electron chi connectivity index (χ4n) is 4.32. The molecule has 2 aromatic carbocycles. The molecule has 0 radical (unpaired) electrons. The van der Waals surface area contributed by atoms with Crippen LogP contribution in [0.25, 0.3) is 10.9 Å². The van der Waals surface area contributed by atoms with Crippen molar-refractivity contribution in [3.05, 3.63) is 89.4 Å². The zero-order chi connectivity index (χ0) is 22.6. The number of hydrogen-bond donors (Lipinski definition) is 1. The lowest BCUT2D eigenvalue weighted by molar-refractivity contribution is -0.120. The highest BCUT2D eigenvalue weighted by atomic mass is 19.1. The van der Waals surface area contributed by atoms with Crippen LogP contribution in [0.2, 0.25) is 0 Å². The summed E-state index contributed by atoms with van der Waals surface area (Å²) in [4.78, 5) is 19.3. The topological polar surface area (TPSA) is 75.9 Å². The second-order valence-electron chi connectivity index (χ2n) is 8.29. The van der Waals surface area contributed by atoms with Crippen LogP contribution in [0.15, 0.2) is 60.8 Å². The molecule has 0 bridgehead atoms. The number of para-hydroxylation sites is 1. The lowest BCUT2D eigenvalue weighted by Crippen LogP contribution is -2.28. The predicted octanol–water partition coefficient (Wildman–Crippen LogP) is 2.88. The van der Waals surface area contributed by atoms with Crippen molar-refractivity contribution >= 4 is 16.8 Å². The second kappa shape index (κ2) is 9.46. The van der Waals surface area contributed by atoms with Gasteiger partial charge in [-0.1, -0.05) is 36.4 Å². The molecule has 0 saturated carbocycles. The third-order valence-electron chi connectivity index (χ3n) is 6.00. The van der Waals surface area contributed by atoms with Crippen LogP contribution in [0.3, 0.4) is 0 Å². The molecule has 5 rings (SSSR count). The number of rotatable bonds is 6. The molecule has 2 aromatic heterocycles. The van der Waals surface area contributed by atoms with Crippen molar-refractivity contribution in [2.24, 2.45) is 0 Å². The van der Waals surface area contributed by atoms with Gasteiger partial charge in [0.15, 0.2) is 5.82 Å². The van der Waals surface area contributed by atoms with Gasteiger partial charge in [-0.05, 0) is 29.3 Å². The number of hydrogen-bond acceptors (Lipinski definition) is 5. The van der Waals surface area contributed by atoms with Crippen molar-refractivity contribution in [3.8, 4) is 0 Å². The molecule has 7 nitrogen and oxygen atoms in total. The largest absolute Gasteiger partial charge is 0.349 e. The van der Waals surface area contributed by atoms with Crippen molar-refractivity contribution < 1.29 is 9.18 Å². The van der Waals surface area contributed by atoms with E-state index in [9.17, 15) is 9.18 Å². The summed E-state index contributed by atoms with van der Waals surface area (Å²) < 4.78 is 15.4. The number of nitrogens with one attached hydrogen (secondary N) is 1. The molecule has 0 unspecified atom stereocenters.